The fourth-order valence-corrected chi connectivity index (χ4v) is 10.6. The minimum Gasteiger partial charge on any atom is -0.480 e. The van der Waals surface area contributed by atoms with Crippen molar-refractivity contribution < 1.29 is 53.2 Å². The Bertz CT molecular complexity index is 1910. The van der Waals surface area contributed by atoms with Gasteiger partial charge in [-0.3, -0.25) is 14.4 Å². The summed E-state index contributed by atoms with van der Waals surface area (Å²) in [5.41, 5.74) is -2.18. The minimum absolute atomic E-state index is 0.0752. The van der Waals surface area contributed by atoms with E-state index in [0.717, 1.165) is 22.3 Å². The third kappa shape index (κ3) is 5.47. The molecular weight excluding hydrogens is 685 g/mol. The number of hydrogen-bond donors (Lipinski definition) is 4. The number of allylic oxidation sites excluding steroid dienone is 4. The lowest BCUT2D eigenvalue weighted by atomic mass is 9.44. The molecule has 1 amide bonds. The number of halogens is 1. The Balaban J connectivity index is 0.984. The van der Waals surface area contributed by atoms with Crippen LogP contribution in [-0.4, -0.2) is 81.5 Å². The van der Waals surface area contributed by atoms with Gasteiger partial charge in [0.2, 0.25) is 5.78 Å². The smallest absolute Gasteiger partial charge is 0.407 e. The van der Waals surface area contributed by atoms with Crippen LogP contribution in [0.2, 0.25) is 0 Å². The quantitative estimate of drug-likeness (QED) is 0.262. The Morgan fingerprint density at radius 3 is 2.28 bits per heavy atom. The molecule has 0 saturated heterocycles. The number of carboxylic acids is 1. The zero-order valence-corrected chi connectivity index (χ0v) is 29.8. The summed E-state index contributed by atoms with van der Waals surface area (Å²) in [6.07, 6.45) is 1.61. The van der Waals surface area contributed by atoms with E-state index in [0.29, 0.717) is 18.4 Å². The second-order valence-corrected chi connectivity index (χ2v) is 15.8. The van der Waals surface area contributed by atoms with Gasteiger partial charge in [-0.2, -0.15) is 0 Å². The summed E-state index contributed by atoms with van der Waals surface area (Å²) in [6.45, 7) is 4.05. The highest BCUT2D eigenvalue weighted by molar-refractivity contribution is 6.01. The summed E-state index contributed by atoms with van der Waals surface area (Å²) in [6, 6.07) is 13.7. The van der Waals surface area contributed by atoms with E-state index in [1.807, 2.05) is 48.5 Å². The number of ether oxygens (including phenoxy) is 2. The molecule has 0 spiro atoms. The number of aliphatic hydroxyl groups is 2. The molecule has 4 N–H and O–H groups in total. The average molecular weight is 730 g/mol. The van der Waals surface area contributed by atoms with Crippen LogP contribution < -0.4 is 5.32 Å². The molecule has 0 aliphatic heterocycles. The van der Waals surface area contributed by atoms with Crippen LogP contribution >= 0.6 is 0 Å². The first-order valence-electron chi connectivity index (χ1n) is 18.1. The van der Waals surface area contributed by atoms with Crippen molar-refractivity contribution in [1.29, 1.82) is 0 Å². The number of Topliss-reactive ketones (excluding diaryl/α,β-unsaturated/α-hetero) is 1. The van der Waals surface area contributed by atoms with Crippen molar-refractivity contribution in [3.63, 3.8) is 0 Å². The fourth-order valence-electron chi connectivity index (χ4n) is 10.6. The largest absolute Gasteiger partial charge is 0.480 e. The van der Waals surface area contributed by atoms with Crippen LogP contribution in [0.4, 0.5) is 9.18 Å². The molecule has 11 nitrogen and oxygen atoms in total. The van der Waals surface area contributed by atoms with Gasteiger partial charge in [0.1, 0.15) is 18.2 Å². The standard InChI is InChI=1S/C41H44FNO10/c1-22-16-31-30-13-12-23-17-24(44)14-15-38(23,2)40(30,42)33(45)19-39(31,3)41(22,51)34(46)21-52-35(47)18-32(36(48)49)43-37(50)53-20-29-27-10-6-4-8-25(27)26-9-5-7-11-28(26)29/h4-11,14-15,17,22,29-33,45,51H,12-13,16,18-21H2,1-3H3,(H,43,50)(H,48,49)/t22-,30+,31+,32?,33+,38+,39+,40+,41+/m1/s1. The third-order valence-electron chi connectivity index (χ3n) is 13.3. The molecule has 280 valence electrons. The molecule has 5 aliphatic rings. The van der Waals surface area contributed by atoms with Gasteiger partial charge in [-0.05, 0) is 78.8 Å². The second kappa shape index (κ2) is 13.0. The molecule has 0 bridgehead atoms. The number of alkyl carbamates (subject to hydrolysis) is 1. The van der Waals surface area contributed by atoms with Gasteiger partial charge in [0, 0.05) is 22.7 Å². The zero-order valence-electron chi connectivity index (χ0n) is 29.8. The number of amides is 1. The summed E-state index contributed by atoms with van der Waals surface area (Å²) < 4.78 is 28.1. The fraction of sp³-hybridized carbons (Fsp3) is 0.488. The molecule has 0 aromatic heterocycles. The molecule has 3 fully saturated rings. The first-order valence-corrected chi connectivity index (χ1v) is 18.1. The van der Waals surface area contributed by atoms with Crippen molar-refractivity contribution in [2.24, 2.45) is 28.6 Å². The number of aliphatic hydroxyl groups excluding tert-OH is 1. The van der Waals surface area contributed by atoms with E-state index in [-0.39, 0.29) is 31.1 Å². The lowest BCUT2D eigenvalue weighted by molar-refractivity contribution is -0.220. The number of benzene rings is 2. The summed E-state index contributed by atoms with van der Waals surface area (Å²) in [4.78, 5) is 63.6. The summed E-state index contributed by atoms with van der Waals surface area (Å²) in [7, 11) is 0. The van der Waals surface area contributed by atoms with Crippen molar-refractivity contribution in [1.82, 2.24) is 5.32 Å². The summed E-state index contributed by atoms with van der Waals surface area (Å²) in [5, 5.41) is 35.7. The minimum atomic E-state index is -2.15. The molecular formula is C41H44FNO10. The SMILES string of the molecule is C[C@@H]1C[C@H]2[C@@H]3CCC4=CC(=O)C=C[C@]4(C)[C@@]3(F)[C@@H](O)C[C@]2(C)[C@@]1(O)C(=O)COC(=O)CC(NC(=O)OCC1c2ccccc2-c2ccccc21)C(=O)O. The highest BCUT2D eigenvalue weighted by Gasteiger charge is 2.75. The first-order chi connectivity index (χ1) is 25.1. The van der Waals surface area contributed by atoms with Crippen molar-refractivity contribution in [2.75, 3.05) is 13.2 Å². The van der Waals surface area contributed by atoms with E-state index in [1.54, 1.807) is 20.8 Å². The van der Waals surface area contributed by atoms with Gasteiger partial charge in [0.15, 0.2) is 18.1 Å². The molecule has 7 rings (SSSR count). The van der Waals surface area contributed by atoms with Crippen LogP contribution in [-0.2, 0) is 28.7 Å². The number of esters is 1. The Hall–Kier alpha value is -4.68. The van der Waals surface area contributed by atoms with Crippen LogP contribution in [0.25, 0.3) is 11.1 Å². The monoisotopic (exact) mass is 729 g/mol. The number of nitrogens with one attached hydrogen (secondary N) is 1. The summed E-state index contributed by atoms with van der Waals surface area (Å²) in [5.74, 6) is -5.91. The van der Waals surface area contributed by atoms with Crippen molar-refractivity contribution in [2.45, 2.75) is 82.2 Å². The maximum absolute atomic E-state index is 17.4. The van der Waals surface area contributed by atoms with E-state index in [2.05, 4.69) is 5.32 Å². The van der Waals surface area contributed by atoms with E-state index >= 15 is 4.39 Å². The lowest BCUT2D eigenvalue weighted by Gasteiger charge is -2.62. The molecule has 53 heavy (non-hydrogen) atoms. The first kappa shape index (κ1) is 36.7. The number of alkyl halides is 1. The van der Waals surface area contributed by atoms with Crippen molar-refractivity contribution >= 4 is 29.6 Å². The van der Waals surface area contributed by atoms with Gasteiger partial charge in [-0.25, -0.2) is 14.0 Å². The normalized spacial score (nSPS) is 34.4. The zero-order chi connectivity index (χ0) is 38.1. The summed E-state index contributed by atoms with van der Waals surface area (Å²) >= 11 is 0. The number of carboxylic acid groups (broad SMARTS) is 1. The number of fused-ring (bicyclic) bond motifs is 8. The van der Waals surface area contributed by atoms with Gasteiger partial charge in [-0.15, -0.1) is 0 Å². The molecule has 1 unspecified atom stereocenters. The van der Waals surface area contributed by atoms with E-state index < -0.39 is 88.8 Å². The Morgan fingerprint density at radius 2 is 1.64 bits per heavy atom. The maximum atomic E-state index is 17.4. The van der Waals surface area contributed by atoms with Gasteiger partial charge < -0.3 is 30.1 Å². The van der Waals surface area contributed by atoms with Gasteiger partial charge in [-0.1, -0.05) is 74.0 Å². The Kier molecular flexibility index (Phi) is 9.01. The lowest BCUT2D eigenvalue weighted by Crippen LogP contribution is -2.69. The van der Waals surface area contributed by atoms with Crippen LogP contribution in [0, 0.1) is 28.6 Å². The van der Waals surface area contributed by atoms with Crippen LogP contribution in [0.5, 0.6) is 0 Å². The molecule has 12 heteroatoms. The molecule has 9 atom stereocenters. The van der Waals surface area contributed by atoms with Crippen LogP contribution in [0.15, 0.2) is 72.3 Å². The van der Waals surface area contributed by atoms with E-state index in [1.165, 1.54) is 18.2 Å². The number of carbonyl (C=O) groups excluding carboxylic acids is 4. The van der Waals surface area contributed by atoms with E-state index in [9.17, 15) is 39.3 Å². The molecule has 2 aromatic carbocycles. The Morgan fingerprint density at radius 1 is 1.00 bits per heavy atom. The molecule has 5 aliphatic carbocycles. The van der Waals surface area contributed by atoms with Gasteiger partial charge in [0.25, 0.3) is 0 Å². The van der Waals surface area contributed by atoms with Crippen molar-refractivity contribution in [3.8, 4) is 11.1 Å². The number of ketones is 2. The van der Waals surface area contributed by atoms with Crippen LogP contribution in [0.1, 0.15) is 69.9 Å². The number of aliphatic carboxylic acids is 1. The van der Waals surface area contributed by atoms with Gasteiger partial charge in [0.05, 0.1) is 12.5 Å². The Labute approximate surface area is 306 Å². The van der Waals surface area contributed by atoms with Crippen molar-refractivity contribution in [3.05, 3.63) is 83.5 Å². The molecule has 0 radical (unpaired) electrons. The number of carbonyl (C=O) groups is 5. The van der Waals surface area contributed by atoms with Crippen LogP contribution in [0.3, 0.4) is 0 Å². The average Bonchev–Trinajstić information content (AvgIpc) is 3.55. The predicted molar refractivity (Wildman–Crippen MR) is 188 cm³/mol. The number of rotatable bonds is 9. The highest BCUT2D eigenvalue weighted by Crippen LogP contribution is 2.70. The van der Waals surface area contributed by atoms with E-state index in [4.69, 9.17) is 9.47 Å². The molecule has 0 heterocycles. The topological polar surface area (TPSA) is 177 Å². The number of hydrogen-bond acceptors (Lipinski definition) is 9. The highest BCUT2D eigenvalue weighted by atomic mass is 19.1. The predicted octanol–water partition coefficient (Wildman–Crippen LogP) is 4.83. The molecule has 2 aromatic rings. The third-order valence-corrected chi connectivity index (χ3v) is 13.3. The molecule has 3 saturated carbocycles. The second-order valence-electron chi connectivity index (χ2n) is 15.8. The van der Waals surface area contributed by atoms with Gasteiger partial charge >= 0.3 is 18.0 Å². The maximum Gasteiger partial charge on any atom is 0.407 e.